The summed E-state index contributed by atoms with van der Waals surface area (Å²) in [4.78, 5) is 12.3. The average Bonchev–Trinajstić information content (AvgIpc) is 3.02. The van der Waals surface area contributed by atoms with Crippen LogP contribution in [-0.4, -0.2) is 42.9 Å². The zero-order chi connectivity index (χ0) is 18.0. The summed E-state index contributed by atoms with van der Waals surface area (Å²) in [7, 11) is -3.77. The van der Waals surface area contributed by atoms with Gasteiger partial charge in [-0.25, -0.2) is 12.8 Å². The van der Waals surface area contributed by atoms with Crippen molar-refractivity contribution >= 4 is 21.6 Å². The molecule has 2 aromatic carbocycles. The molecule has 0 radical (unpaired) electrons. The predicted octanol–water partition coefficient (Wildman–Crippen LogP) is 1.83. The molecule has 3 rings (SSSR count). The van der Waals surface area contributed by atoms with E-state index < -0.39 is 27.9 Å². The van der Waals surface area contributed by atoms with Crippen molar-refractivity contribution in [3.05, 3.63) is 59.9 Å². The molecule has 0 spiro atoms. The summed E-state index contributed by atoms with van der Waals surface area (Å²) in [6.45, 7) is 0.283. The number of nitrogens with zero attached hydrogens (tertiary/aromatic N) is 1. The molecule has 132 valence electrons. The van der Waals surface area contributed by atoms with Crippen LogP contribution in [0.1, 0.15) is 16.8 Å². The number of amides is 1. The Morgan fingerprint density at radius 2 is 1.96 bits per heavy atom. The van der Waals surface area contributed by atoms with Gasteiger partial charge in [0.1, 0.15) is 5.82 Å². The number of aliphatic hydroxyl groups excluding tert-OH is 1. The summed E-state index contributed by atoms with van der Waals surface area (Å²) in [5.41, 5.74) is 0.422. The van der Waals surface area contributed by atoms with Crippen LogP contribution in [0.4, 0.5) is 10.1 Å². The minimum absolute atomic E-state index is 0.0199. The van der Waals surface area contributed by atoms with Crippen molar-refractivity contribution in [1.29, 1.82) is 0 Å². The van der Waals surface area contributed by atoms with Gasteiger partial charge in [0.2, 0.25) is 10.0 Å². The number of hydrogen-bond donors (Lipinski definition) is 2. The summed E-state index contributed by atoms with van der Waals surface area (Å²) < 4.78 is 39.6. The molecule has 25 heavy (non-hydrogen) atoms. The first-order valence-electron chi connectivity index (χ1n) is 7.71. The van der Waals surface area contributed by atoms with Crippen LogP contribution in [-0.2, 0) is 10.0 Å². The molecule has 1 atom stereocenters. The smallest absolute Gasteiger partial charge is 0.255 e. The number of benzene rings is 2. The number of rotatable bonds is 4. The highest BCUT2D eigenvalue weighted by atomic mass is 32.2. The molecule has 0 saturated carbocycles. The lowest BCUT2D eigenvalue weighted by Crippen LogP contribution is -2.29. The van der Waals surface area contributed by atoms with E-state index in [1.807, 2.05) is 0 Å². The van der Waals surface area contributed by atoms with E-state index in [0.717, 1.165) is 0 Å². The molecular weight excluding hydrogens is 347 g/mol. The van der Waals surface area contributed by atoms with Crippen molar-refractivity contribution in [3.8, 4) is 0 Å². The highest BCUT2D eigenvalue weighted by molar-refractivity contribution is 7.89. The fourth-order valence-electron chi connectivity index (χ4n) is 2.65. The highest BCUT2D eigenvalue weighted by Crippen LogP contribution is 2.22. The van der Waals surface area contributed by atoms with Gasteiger partial charge in [0.15, 0.2) is 0 Å². The number of hydrogen-bond acceptors (Lipinski definition) is 4. The molecule has 1 unspecified atom stereocenters. The maximum absolute atomic E-state index is 13.2. The standard InChI is InChI=1S/C17H17FN2O4S/c18-13-4-2-5-14(10-13)19-17(22)12-3-1-6-16(9-12)25(23,24)20-8-7-15(21)11-20/h1-6,9-10,15,21H,7-8,11H2,(H,19,22). The first-order chi connectivity index (χ1) is 11.9. The van der Waals surface area contributed by atoms with Crippen LogP contribution < -0.4 is 5.32 Å². The van der Waals surface area contributed by atoms with Crippen molar-refractivity contribution < 1.29 is 22.7 Å². The second-order valence-electron chi connectivity index (χ2n) is 5.80. The average molecular weight is 364 g/mol. The fourth-order valence-corrected chi connectivity index (χ4v) is 4.18. The zero-order valence-electron chi connectivity index (χ0n) is 13.2. The van der Waals surface area contributed by atoms with E-state index in [4.69, 9.17) is 0 Å². The van der Waals surface area contributed by atoms with Gasteiger partial charge < -0.3 is 10.4 Å². The van der Waals surface area contributed by atoms with Gasteiger partial charge in [-0.15, -0.1) is 0 Å². The van der Waals surface area contributed by atoms with Crippen LogP contribution in [0.25, 0.3) is 0 Å². The molecule has 1 amide bonds. The quantitative estimate of drug-likeness (QED) is 0.867. The van der Waals surface area contributed by atoms with Crippen LogP contribution in [0.2, 0.25) is 0 Å². The minimum Gasteiger partial charge on any atom is -0.392 e. The Balaban J connectivity index is 1.82. The summed E-state index contributed by atoms with van der Waals surface area (Å²) in [6, 6.07) is 11.1. The van der Waals surface area contributed by atoms with E-state index in [-0.39, 0.29) is 29.2 Å². The lowest BCUT2D eigenvalue weighted by Gasteiger charge is -2.16. The van der Waals surface area contributed by atoms with Crippen molar-refractivity contribution in [2.75, 3.05) is 18.4 Å². The van der Waals surface area contributed by atoms with Crippen molar-refractivity contribution in [2.24, 2.45) is 0 Å². The van der Waals surface area contributed by atoms with Crippen LogP contribution >= 0.6 is 0 Å². The lowest BCUT2D eigenvalue weighted by atomic mass is 10.2. The van der Waals surface area contributed by atoms with E-state index >= 15 is 0 Å². The molecule has 0 aliphatic carbocycles. The molecular formula is C17H17FN2O4S. The summed E-state index contributed by atoms with van der Waals surface area (Å²) >= 11 is 0. The third kappa shape index (κ3) is 3.87. The first-order valence-corrected chi connectivity index (χ1v) is 9.15. The van der Waals surface area contributed by atoms with Gasteiger partial charge >= 0.3 is 0 Å². The minimum atomic E-state index is -3.77. The Bertz CT molecular complexity index is 901. The molecule has 2 N–H and O–H groups in total. The first kappa shape index (κ1) is 17.5. The molecule has 0 aromatic heterocycles. The number of halogens is 1. The van der Waals surface area contributed by atoms with E-state index in [0.29, 0.717) is 6.42 Å². The molecule has 0 bridgehead atoms. The number of carbonyl (C=O) groups excluding carboxylic acids is 1. The van der Waals surface area contributed by atoms with Crippen LogP contribution in [0.15, 0.2) is 53.4 Å². The van der Waals surface area contributed by atoms with Gasteiger partial charge in [-0.1, -0.05) is 12.1 Å². The fraction of sp³-hybridized carbons (Fsp3) is 0.235. The third-order valence-corrected chi connectivity index (χ3v) is 5.80. The number of carbonyl (C=O) groups is 1. The normalized spacial score (nSPS) is 18.2. The van der Waals surface area contributed by atoms with Gasteiger partial charge in [0.25, 0.3) is 5.91 Å². The van der Waals surface area contributed by atoms with Gasteiger partial charge in [0.05, 0.1) is 11.0 Å². The van der Waals surface area contributed by atoms with Gasteiger partial charge in [-0.05, 0) is 42.8 Å². The molecule has 1 heterocycles. The molecule has 6 nitrogen and oxygen atoms in total. The Morgan fingerprint density at radius 1 is 1.20 bits per heavy atom. The van der Waals surface area contributed by atoms with Gasteiger partial charge in [-0.3, -0.25) is 4.79 Å². The lowest BCUT2D eigenvalue weighted by molar-refractivity contribution is 0.102. The maximum atomic E-state index is 13.2. The van der Waals surface area contributed by atoms with Crippen LogP contribution in [0, 0.1) is 5.82 Å². The molecule has 1 saturated heterocycles. The predicted molar refractivity (Wildman–Crippen MR) is 90.2 cm³/mol. The molecule has 1 fully saturated rings. The Labute approximate surface area is 144 Å². The SMILES string of the molecule is O=C(Nc1cccc(F)c1)c1cccc(S(=O)(=O)N2CCC(O)C2)c1. The van der Waals surface area contributed by atoms with Crippen LogP contribution in [0.3, 0.4) is 0 Å². The Morgan fingerprint density at radius 3 is 2.64 bits per heavy atom. The summed E-state index contributed by atoms with van der Waals surface area (Å²) in [6.07, 6.45) is -0.284. The Hall–Kier alpha value is -2.29. The van der Waals surface area contributed by atoms with Crippen molar-refractivity contribution in [2.45, 2.75) is 17.4 Å². The highest BCUT2D eigenvalue weighted by Gasteiger charge is 2.31. The number of aliphatic hydroxyl groups is 1. The Kier molecular flexibility index (Phi) is 4.85. The summed E-state index contributed by atoms with van der Waals surface area (Å²) in [5.74, 6) is -1.02. The van der Waals surface area contributed by atoms with Crippen molar-refractivity contribution in [1.82, 2.24) is 4.31 Å². The second-order valence-corrected chi connectivity index (χ2v) is 7.74. The maximum Gasteiger partial charge on any atom is 0.255 e. The third-order valence-electron chi connectivity index (χ3n) is 3.94. The van der Waals surface area contributed by atoms with Crippen LogP contribution in [0.5, 0.6) is 0 Å². The van der Waals surface area contributed by atoms with Gasteiger partial charge in [0, 0.05) is 24.3 Å². The number of nitrogens with one attached hydrogen (secondary N) is 1. The monoisotopic (exact) mass is 364 g/mol. The zero-order valence-corrected chi connectivity index (χ0v) is 14.0. The number of anilines is 1. The molecule has 1 aliphatic heterocycles. The van der Waals surface area contributed by atoms with Gasteiger partial charge in [-0.2, -0.15) is 4.31 Å². The van der Waals surface area contributed by atoms with E-state index in [2.05, 4.69) is 5.32 Å². The molecule has 1 aliphatic rings. The van der Waals surface area contributed by atoms with E-state index in [9.17, 15) is 22.7 Å². The van der Waals surface area contributed by atoms with Crippen molar-refractivity contribution in [3.63, 3.8) is 0 Å². The number of β-amino-alcohol motifs (C(OH)–C–C–N with tert-alkyl or cyclic N) is 1. The largest absolute Gasteiger partial charge is 0.392 e. The number of sulfonamides is 1. The molecule has 2 aromatic rings. The van der Waals surface area contributed by atoms with E-state index in [1.165, 1.54) is 52.8 Å². The van der Waals surface area contributed by atoms with E-state index in [1.54, 1.807) is 0 Å². The molecule has 8 heteroatoms. The topological polar surface area (TPSA) is 86.7 Å². The second kappa shape index (κ2) is 6.91. The summed E-state index contributed by atoms with van der Waals surface area (Å²) in [5, 5.41) is 12.1.